The Morgan fingerprint density at radius 1 is 1.08 bits per heavy atom. The SMILES string of the molecule is Cc1ccc(C=C2C(=O)NC(=S)N(c3ccc(C)c(C)c3)C2=O)s1. The average molecular weight is 356 g/mol. The second-order valence-corrected chi connectivity index (χ2v) is 7.38. The van der Waals surface area contributed by atoms with E-state index in [0.717, 1.165) is 20.9 Å². The molecule has 0 spiro atoms. The molecule has 1 aliphatic heterocycles. The molecule has 6 heteroatoms. The Morgan fingerprint density at radius 2 is 1.83 bits per heavy atom. The second-order valence-electron chi connectivity index (χ2n) is 5.67. The summed E-state index contributed by atoms with van der Waals surface area (Å²) in [4.78, 5) is 28.4. The van der Waals surface area contributed by atoms with Crippen molar-refractivity contribution in [2.24, 2.45) is 0 Å². The van der Waals surface area contributed by atoms with Crippen molar-refractivity contribution in [2.75, 3.05) is 4.90 Å². The molecule has 24 heavy (non-hydrogen) atoms. The summed E-state index contributed by atoms with van der Waals surface area (Å²) in [6.07, 6.45) is 1.62. The van der Waals surface area contributed by atoms with Crippen molar-refractivity contribution in [2.45, 2.75) is 20.8 Å². The number of nitrogens with zero attached hydrogens (tertiary/aromatic N) is 1. The Labute approximate surface area is 149 Å². The first-order valence-corrected chi connectivity index (χ1v) is 8.64. The van der Waals surface area contributed by atoms with Crippen molar-refractivity contribution < 1.29 is 9.59 Å². The van der Waals surface area contributed by atoms with Crippen molar-refractivity contribution >= 4 is 52.2 Å². The van der Waals surface area contributed by atoms with E-state index in [0.29, 0.717) is 5.69 Å². The molecule has 0 unspecified atom stereocenters. The number of rotatable bonds is 2. The first-order chi connectivity index (χ1) is 11.4. The molecule has 1 aliphatic rings. The van der Waals surface area contributed by atoms with Crippen LogP contribution in [0.15, 0.2) is 35.9 Å². The lowest BCUT2D eigenvalue weighted by atomic mass is 10.1. The molecule has 122 valence electrons. The van der Waals surface area contributed by atoms with Crippen molar-refractivity contribution in [1.29, 1.82) is 0 Å². The average Bonchev–Trinajstić information content (AvgIpc) is 2.92. The molecule has 1 aromatic carbocycles. The van der Waals surface area contributed by atoms with Gasteiger partial charge in [-0.15, -0.1) is 11.3 Å². The minimum absolute atomic E-state index is 0.0867. The van der Waals surface area contributed by atoms with E-state index in [1.54, 1.807) is 6.08 Å². The molecule has 1 aromatic heterocycles. The molecule has 0 bridgehead atoms. The van der Waals surface area contributed by atoms with E-state index in [9.17, 15) is 9.59 Å². The van der Waals surface area contributed by atoms with Crippen LogP contribution in [-0.4, -0.2) is 16.9 Å². The van der Waals surface area contributed by atoms with Gasteiger partial charge in [-0.25, -0.2) is 0 Å². The number of benzene rings is 1. The highest BCUT2D eigenvalue weighted by molar-refractivity contribution is 7.80. The number of anilines is 1. The van der Waals surface area contributed by atoms with E-state index < -0.39 is 11.8 Å². The van der Waals surface area contributed by atoms with Crippen molar-refractivity contribution in [3.05, 3.63) is 56.8 Å². The fourth-order valence-electron chi connectivity index (χ4n) is 2.43. The number of carbonyl (C=O) groups excluding carboxylic acids is 2. The molecule has 1 fully saturated rings. The number of thiophene rings is 1. The zero-order valence-electron chi connectivity index (χ0n) is 13.5. The lowest BCUT2D eigenvalue weighted by Gasteiger charge is -2.29. The van der Waals surface area contributed by atoms with E-state index in [1.807, 2.05) is 51.1 Å². The van der Waals surface area contributed by atoms with Crippen LogP contribution >= 0.6 is 23.6 Å². The highest BCUT2D eigenvalue weighted by Crippen LogP contribution is 2.25. The molecule has 0 atom stereocenters. The van der Waals surface area contributed by atoms with Gasteiger partial charge in [0.05, 0.1) is 5.69 Å². The maximum atomic E-state index is 12.9. The van der Waals surface area contributed by atoms with Crippen LogP contribution in [0.25, 0.3) is 6.08 Å². The van der Waals surface area contributed by atoms with Gasteiger partial charge in [0.2, 0.25) is 0 Å². The molecule has 3 rings (SSSR count). The molecule has 0 aliphatic carbocycles. The van der Waals surface area contributed by atoms with Crippen LogP contribution in [0.1, 0.15) is 20.9 Å². The van der Waals surface area contributed by atoms with Crippen LogP contribution in [0.4, 0.5) is 5.69 Å². The van der Waals surface area contributed by atoms with Crippen LogP contribution < -0.4 is 10.2 Å². The lowest BCUT2D eigenvalue weighted by molar-refractivity contribution is -0.122. The minimum Gasteiger partial charge on any atom is -0.298 e. The van der Waals surface area contributed by atoms with Crippen LogP contribution in [0.5, 0.6) is 0 Å². The summed E-state index contributed by atoms with van der Waals surface area (Å²) in [6, 6.07) is 9.50. The Hall–Kier alpha value is -2.31. The van der Waals surface area contributed by atoms with E-state index in [1.165, 1.54) is 16.2 Å². The van der Waals surface area contributed by atoms with Crippen molar-refractivity contribution in [3.8, 4) is 0 Å². The fraction of sp³-hybridized carbons (Fsp3) is 0.167. The molecular weight excluding hydrogens is 340 g/mol. The van der Waals surface area contributed by atoms with E-state index in [-0.39, 0.29) is 10.7 Å². The van der Waals surface area contributed by atoms with Crippen molar-refractivity contribution in [1.82, 2.24) is 5.32 Å². The van der Waals surface area contributed by atoms with Crippen LogP contribution in [0, 0.1) is 20.8 Å². The van der Waals surface area contributed by atoms with Gasteiger partial charge in [0.1, 0.15) is 5.57 Å². The Kier molecular flexibility index (Phi) is 4.34. The summed E-state index contributed by atoms with van der Waals surface area (Å²) in [5.41, 5.74) is 2.92. The van der Waals surface area contributed by atoms with Crippen LogP contribution in [-0.2, 0) is 9.59 Å². The largest absolute Gasteiger partial charge is 0.298 e. The first kappa shape index (κ1) is 16.5. The van der Waals surface area contributed by atoms with Gasteiger partial charge in [0.15, 0.2) is 5.11 Å². The number of aryl methyl sites for hydroxylation is 3. The monoisotopic (exact) mass is 356 g/mol. The third-order valence-electron chi connectivity index (χ3n) is 3.90. The van der Waals surface area contributed by atoms with E-state index in [4.69, 9.17) is 12.2 Å². The van der Waals surface area contributed by atoms with Gasteiger partial charge in [-0.3, -0.25) is 19.8 Å². The maximum Gasteiger partial charge on any atom is 0.270 e. The summed E-state index contributed by atoms with van der Waals surface area (Å²) in [5, 5.41) is 2.71. The lowest BCUT2D eigenvalue weighted by Crippen LogP contribution is -2.54. The number of hydrogen-bond acceptors (Lipinski definition) is 4. The predicted octanol–water partition coefficient (Wildman–Crippen LogP) is 3.50. The topological polar surface area (TPSA) is 49.4 Å². The molecule has 1 saturated heterocycles. The summed E-state index contributed by atoms with van der Waals surface area (Å²) in [6.45, 7) is 5.95. The number of amides is 2. The fourth-order valence-corrected chi connectivity index (χ4v) is 3.53. The minimum atomic E-state index is -0.462. The zero-order valence-corrected chi connectivity index (χ0v) is 15.2. The van der Waals surface area contributed by atoms with Gasteiger partial charge in [0, 0.05) is 9.75 Å². The van der Waals surface area contributed by atoms with Gasteiger partial charge in [-0.05, 0) is 74.5 Å². The standard InChI is InChI=1S/C18H16N2O2S2/c1-10-4-6-13(8-11(10)2)20-17(22)15(16(21)19-18(20)23)9-14-7-5-12(3)24-14/h4-9H,1-3H3,(H,19,21,23). The molecule has 2 aromatic rings. The van der Waals surface area contributed by atoms with Gasteiger partial charge < -0.3 is 0 Å². The van der Waals surface area contributed by atoms with Gasteiger partial charge >= 0.3 is 0 Å². The maximum absolute atomic E-state index is 12.9. The van der Waals surface area contributed by atoms with E-state index in [2.05, 4.69) is 5.32 Å². The quantitative estimate of drug-likeness (QED) is 0.509. The number of carbonyl (C=O) groups is 2. The third kappa shape index (κ3) is 3.02. The normalized spacial score (nSPS) is 16.7. The Balaban J connectivity index is 2.02. The molecule has 4 nitrogen and oxygen atoms in total. The summed E-state index contributed by atoms with van der Waals surface area (Å²) in [7, 11) is 0. The number of thiocarbonyl (C=S) groups is 1. The zero-order chi connectivity index (χ0) is 17.4. The third-order valence-corrected chi connectivity index (χ3v) is 5.13. The number of hydrogen-bond donors (Lipinski definition) is 1. The summed E-state index contributed by atoms with van der Waals surface area (Å²) < 4.78 is 0. The second kappa shape index (κ2) is 6.30. The molecule has 2 heterocycles. The highest BCUT2D eigenvalue weighted by Gasteiger charge is 2.34. The van der Waals surface area contributed by atoms with Crippen LogP contribution in [0.3, 0.4) is 0 Å². The van der Waals surface area contributed by atoms with Crippen LogP contribution in [0.2, 0.25) is 0 Å². The van der Waals surface area contributed by atoms with Gasteiger partial charge in [-0.1, -0.05) is 6.07 Å². The molecule has 0 radical (unpaired) electrons. The van der Waals surface area contributed by atoms with Gasteiger partial charge in [-0.2, -0.15) is 0 Å². The van der Waals surface area contributed by atoms with Crippen molar-refractivity contribution in [3.63, 3.8) is 0 Å². The molecule has 0 saturated carbocycles. The summed E-state index contributed by atoms with van der Waals surface area (Å²) >= 11 is 6.74. The Morgan fingerprint density at radius 3 is 2.46 bits per heavy atom. The summed E-state index contributed by atoms with van der Waals surface area (Å²) in [5.74, 6) is -0.866. The Bertz CT molecular complexity index is 896. The molecule has 1 N–H and O–H groups in total. The highest BCUT2D eigenvalue weighted by atomic mass is 32.1. The van der Waals surface area contributed by atoms with Gasteiger partial charge in [0.25, 0.3) is 11.8 Å². The molecular formula is C18H16N2O2S2. The predicted molar refractivity (Wildman–Crippen MR) is 101 cm³/mol. The first-order valence-electron chi connectivity index (χ1n) is 7.42. The smallest absolute Gasteiger partial charge is 0.270 e. The van der Waals surface area contributed by atoms with E-state index >= 15 is 0 Å². The molecule has 2 amide bonds. The number of nitrogens with one attached hydrogen (secondary N) is 1.